The first kappa shape index (κ1) is 21.5. The topological polar surface area (TPSA) is 35.5 Å². The molecule has 0 spiro atoms. The smallest absolute Gasteiger partial charge is 0.426 e. The van der Waals surface area contributed by atoms with E-state index in [4.69, 9.17) is 0 Å². The summed E-state index contributed by atoms with van der Waals surface area (Å²) in [6.07, 6.45) is -14.9. The van der Waals surface area contributed by atoms with Crippen LogP contribution in [0.15, 0.2) is 24.3 Å². The van der Waals surface area contributed by atoms with Gasteiger partial charge in [-0.25, -0.2) is 4.79 Å². The zero-order valence-electron chi connectivity index (χ0n) is 12.9. The number of esters is 1. The van der Waals surface area contributed by atoms with E-state index in [1.54, 1.807) is 0 Å². The molecule has 0 heterocycles. The number of rotatable bonds is 7. The van der Waals surface area contributed by atoms with E-state index in [1.807, 2.05) is 0 Å². The maximum atomic E-state index is 13.1. The number of carbonyl (C=O) groups is 1. The minimum Gasteiger partial charge on any atom is -0.459 e. The van der Waals surface area contributed by atoms with Crippen molar-refractivity contribution in [2.24, 2.45) is 0 Å². The maximum absolute atomic E-state index is 13.1. The van der Waals surface area contributed by atoms with Crippen LogP contribution in [-0.4, -0.2) is 36.6 Å². The SMILES string of the molecule is C=C(C)COC(CC(C)OC(=O)C(=C)C)(C(F)(F)F)C(F)(F)F. The summed E-state index contributed by atoms with van der Waals surface area (Å²) in [5, 5.41) is 0. The summed E-state index contributed by atoms with van der Waals surface area (Å²) >= 11 is 0. The Labute approximate surface area is 129 Å². The van der Waals surface area contributed by atoms with Crippen molar-refractivity contribution in [2.75, 3.05) is 6.61 Å². The Morgan fingerprint density at radius 2 is 1.48 bits per heavy atom. The van der Waals surface area contributed by atoms with Gasteiger partial charge in [-0.2, -0.15) is 26.3 Å². The molecular weight excluding hydrogens is 330 g/mol. The van der Waals surface area contributed by atoms with Crippen LogP contribution in [0.25, 0.3) is 0 Å². The second kappa shape index (κ2) is 7.37. The van der Waals surface area contributed by atoms with Crippen LogP contribution in [0.5, 0.6) is 0 Å². The van der Waals surface area contributed by atoms with Gasteiger partial charge < -0.3 is 9.47 Å². The molecule has 0 radical (unpaired) electrons. The van der Waals surface area contributed by atoms with Crippen LogP contribution in [0.1, 0.15) is 27.2 Å². The Hall–Kier alpha value is -1.51. The Balaban J connectivity index is 5.60. The highest BCUT2D eigenvalue weighted by Gasteiger charge is 2.72. The van der Waals surface area contributed by atoms with Crippen molar-refractivity contribution >= 4 is 5.97 Å². The monoisotopic (exact) mass is 348 g/mol. The highest BCUT2D eigenvalue weighted by molar-refractivity contribution is 5.87. The lowest BCUT2D eigenvalue weighted by atomic mass is 9.94. The molecule has 23 heavy (non-hydrogen) atoms. The first-order valence-corrected chi connectivity index (χ1v) is 6.42. The maximum Gasteiger partial charge on any atom is 0.426 e. The first-order chi connectivity index (χ1) is 10.1. The molecular formula is C14H18F6O3. The number of halogens is 6. The average molecular weight is 348 g/mol. The zero-order valence-corrected chi connectivity index (χ0v) is 12.9. The fourth-order valence-electron chi connectivity index (χ4n) is 1.59. The van der Waals surface area contributed by atoms with Crippen LogP contribution < -0.4 is 0 Å². The van der Waals surface area contributed by atoms with Crippen LogP contribution in [-0.2, 0) is 14.3 Å². The van der Waals surface area contributed by atoms with E-state index in [2.05, 4.69) is 22.6 Å². The molecule has 0 aromatic carbocycles. The molecule has 0 bridgehead atoms. The van der Waals surface area contributed by atoms with E-state index < -0.39 is 43.1 Å². The number of hydrogen-bond acceptors (Lipinski definition) is 3. The van der Waals surface area contributed by atoms with Crippen molar-refractivity contribution in [3.05, 3.63) is 24.3 Å². The molecule has 0 aromatic rings. The number of hydrogen-bond donors (Lipinski definition) is 0. The van der Waals surface area contributed by atoms with Gasteiger partial charge in [0, 0.05) is 12.0 Å². The second-order valence-electron chi connectivity index (χ2n) is 5.27. The fraction of sp³-hybridized carbons (Fsp3) is 0.643. The van der Waals surface area contributed by atoms with Gasteiger partial charge in [0.2, 0.25) is 0 Å². The zero-order chi connectivity index (χ0) is 18.6. The Morgan fingerprint density at radius 1 is 1.04 bits per heavy atom. The molecule has 134 valence electrons. The van der Waals surface area contributed by atoms with Gasteiger partial charge in [-0.15, -0.1) is 0 Å². The van der Waals surface area contributed by atoms with Crippen molar-refractivity contribution in [3.63, 3.8) is 0 Å². The van der Waals surface area contributed by atoms with E-state index in [0.717, 1.165) is 6.92 Å². The molecule has 0 aliphatic heterocycles. The number of alkyl halides is 6. The van der Waals surface area contributed by atoms with Gasteiger partial charge in [0.25, 0.3) is 5.60 Å². The van der Waals surface area contributed by atoms with Crippen molar-refractivity contribution in [3.8, 4) is 0 Å². The second-order valence-corrected chi connectivity index (χ2v) is 5.27. The molecule has 0 saturated heterocycles. The summed E-state index contributed by atoms with van der Waals surface area (Å²) in [5.74, 6) is -1.09. The lowest BCUT2D eigenvalue weighted by Gasteiger charge is -2.38. The van der Waals surface area contributed by atoms with E-state index in [-0.39, 0.29) is 11.1 Å². The van der Waals surface area contributed by atoms with Crippen molar-refractivity contribution in [1.82, 2.24) is 0 Å². The molecule has 0 aliphatic carbocycles. The minimum absolute atomic E-state index is 0.0190. The standard InChI is InChI=1S/C14H18F6O3/c1-8(2)7-22-12(13(15,16)17,14(18,19)20)6-10(5)23-11(21)9(3)4/h10H,1,3,6-7H2,2,4-5H3. The highest BCUT2D eigenvalue weighted by Crippen LogP contribution is 2.49. The molecule has 1 atom stereocenters. The molecule has 3 nitrogen and oxygen atoms in total. The van der Waals surface area contributed by atoms with Gasteiger partial charge in [0.15, 0.2) is 0 Å². The van der Waals surface area contributed by atoms with Crippen LogP contribution in [0.4, 0.5) is 26.3 Å². The minimum atomic E-state index is -5.76. The van der Waals surface area contributed by atoms with Gasteiger partial charge in [-0.1, -0.05) is 18.7 Å². The lowest BCUT2D eigenvalue weighted by Crippen LogP contribution is -2.60. The summed E-state index contributed by atoms with van der Waals surface area (Å²) in [6.45, 7) is 8.83. The largest absolute Gasteiger partial charge is 0.459 e. The van der Waals surface area contributed by atoms with E-state index in [9.17, 15) is 31.1 Å². The van der Waals surface area contributed by atoms with Crippen molar-refractivity contribution in [1.29, 1.82) is 0 Å². The molecule has 1 unspecified atom stereocenters. The highest BCUT2D eigenvalue weighted by atomic mass is 19.4. The molecule has 0 saturated carbocycles. The van der Waals surface area contributed by atoms with E-state index >= 15 is 0 Å². The van der Waals surface area contributed by atoms with Crippen molar-refractivity contribution in [2.45, 2.75) is 51.2 Å². The summed E-state index contributed by atoms with van der Waals surface area (Å²) in [4.78, 5) is 11.3. The molecule has 0 aliphatic rings. The van der Waals surface area contributed by atoms with Gasteiger partial charge in [0.05, 0.1) is 6.61 Å². The normalized spacial score (nSPS) is 14.3. The first-order valence-electron chi connectivity index (χ1n) is 6.42. The molecule has 0 rings (SSSR count). The number of ether oxygens (including phenoxy) is 2. The predicted octanol–water partition coefficient (Wildman–Crippen LogP) is 4.34. The van der Waals surface area contributed by atoms with Crippen LogP contribution >= 0.6 is 0 Å². The molecule has 0 fully saturated rings. The summed E-state index contributed by atoms with van der Waals surface area (Å²) in [6, 6.07) is 0. The summed E-state index contributed by atoms with van der Waals surface area (Å²) in [7, 11) is 0. The fourth-order valence-corrected chi connectivity index (χ4v) is 1.59. The third-order valence-corrected chi connectivity index (χ3v) is 2.71. The molecule has 0 aromatic heterocycles. The Bertz CT molecular complexity index is 450. The third kappa shape index (κ3) is 5.56. The Morgan fingerprint density at radius 3 is 1.78 bits per heavy atom. The molecule has 0 N–H and O–H groups in total. The van der Waals surface area contributed by atoms with Crippen LogP contribution in [0.2, 0.25) is 0 Å². The van der Waals surface area contributed by atoms with Crippen LogP contribution in [0, 0.1) is 0 Å². The van der Waals surface area contributed by atoms with Gasteiger partial charge in [0.1, 0.15) is 6.10 Å². The van der Waals surface area contributed by atoms with E-state index in [1.165, 1.54) is 13.8 Å². The van der Waals surface area contributed by atoms with Gasteiger partial charge in [-0.3, -0.25) is 0 Å². The molecule has 0 amide bonds. The quantitative estimate of drug-likeness (QED) is 0.297. The molecule has 9 heteroatoms. The summed E-state index contributed by atoms with van der Waals surface area (Å²) in [5.41, 5.74) is -4.63. The van der Waals surface area contributed by atoms with Crippen molar-refractivity contribution < 1.29 is 40.6 Å². The predicted molar refractivity (Wildman–Crippen MR) is 70.6 cm³/mol. The summed E-state index contributed by atoms with van der Waals surface area (Å²) < 4.78 is 87.6. The average Bonchev–Trinajstić information content (AvgIpc) is 2.30. The van der Waals surface area contributed by atoms with Gasteiger partial charge in [-0.05, 0) is 20.8 Å². The lowest BCUT2D eigenvalue weighted by molar-refractivity contribution is -0.384. The van der Waals surface area contributed by atoms with E-state index in [0.29, 0.717) is 0 Å². The third-order valence-electron chi connectivity index (χ3n) is 2.71. The Kier molecular flexibility index (Phi) is 6.89. The van der Waals surface area contributed by atoms with Gasteiger partial charge >= 0.3 is 18.3 Å². The number of carbonyl (C=O) groups excluding carboxylic acids is 1. The van der Waals surface area contributed by atoms with Crippen LogP contribution in [0.3, 0.4) is 0 Å².